The van der Waals surface area contributed by atoms with Gasteiger partial charge in [0.2, 0.25) is 10.0 Å². The molecule has 0 spiro atoms. The van der Waals surface area contributed by atoms with Crippen LogP contribution in [0.5, 0.6) is 0 Å². The number of thioether (sulfide) groups is 1. The summed E-state index contributed by atoms with van der Waals surface area (Å²) in [5.41, 5.74) is 5.62. The molecule has 1 aliphatic rings. The maximum Gasteiger partial charge on any atom is 0.240 e. The second-order valence-corrected chi connectivity index (χ2v) is 14.3. The molecule has 5 aromatic carbocycles. The Morgan fingerprint density at radius 1 is 0.717 bits per heavy atom. The molecule has 236 valence electrons. The van der Waals surface area contributed by atoms with E-state index < -0.39 is 16.3 Å². The largest absolute Gasteiger partial charge is 0.392 e. The lowest BCUT2D eigenvalue weighted by molar-refractivity contribution is -0.268. The number of aliphatic hydroxyl groups is 1. The summed E-state index contributed by atoms with van der Waals surface area (Å²) in [6, 6.07) is 42.7. The van der Waals surface area contributed by atoms with Gasteiger partial charge in [-0.15, -0.1) is 11.8 Å². The van der Waals surface area contributed by atoms with E-state index in [-0.39, 0.29) is 36.2 Å². The van der Waals surface area contributed by atoms with Crippen LogP contribution in [0.1, 0.15) is 41.6 Å². The molecule has 6 nitrogen and oxygen atoms in total. The van der Waals surface area contributed by atoms with Crippen LogP contribution < -0.4 is 4.72 Å². The van der Waals surface area contributed by atoms with Gasteiger partial charge < -0.3 is 14.6 Å². The SMILES string of the molecule is CC1C(CSc2ccccc2)OC(c2cccc(-c3cccc(CNS(=O)(=O)c4ccccc4)c3)c2)OC1c1ccc(CO)cc1. The van der Waals surface area contributed by atoms with Gasteiger partial charge in [0.25, 0.3) is 0 Å². The highest BCUT2D eigenvalue weighted by Gasteiger charge is 2.38. The summed E-state index contributed by atoms with van der Waals surface area (Å²) in [5.74, 6) is 0.864. The number of ether oxygens (including phenoxy) is 2. The van der Waals surface area contributed by atoms with Crippen molar-refractivity contribution in [1.29, 1.82) is 0 Å². The predicted molar refractivity (Wildman–Crippen MR) is 182 cm³/mol. The van der Waals surface area contributed by atoms with Crippen molar-refractivity contribution in [3.05, 3.63) is 156 Å². The molecule has 46 heavy (non-hydrogen) atoms. The summed E-state index contributed by atoms with van der Waals surface area (Å²) >= 11 is 1.78. The van der Waals surface area contributed by atoms with Gasteiger partial charge in [0.05, 0.1) is 23.7 Å². The van der Waals surface area contributed by atoms with Gasteiger partial charge in [-0.2, -0.15) is 0 Å². The first-order valence-electron chi connectivity index (χ1n) is 15.3. The third kappa shape index (κ3) is 7.78. The molecule has 1 fully saturated rings. The van der Waals surface area contributed by atoms with E-state index in [1.165, 1.54) is 4.90 Å². The van der Waals surface area contributed by atoms with Crippen molar-refractivity contribution in [2.24, 2.45) is 5.92 Å². The first-order valence-corrected chi connectivity index (χ1v) is 17.8. The third-order valence-corrected chi connectivity index (χ3v) is 10.7. The molecule has 0 bridgehead atoms. The Bertz CT molecular complexity index is 1830. The van der Waals surface area contributed by atoms with Crippen LogP contribution in [0.3, 0.4) is 0 Å². The van der Waals surface area contributed by atoms with Crippen LogP contribution in [0.2, 0.25) is 0 Å². The molecule has 0 aromatic heterocycles. The minimum atomic E-state index is -3.62. The summed E-state index contributed by atoms with van der Waals surface area (Å²) in [4.78, 5) is 1.43. The Morgan fingerprint density at radius 2 is 1.39 bits per heavy atom. The van der Waals surface area contributed by atoms with Gasteiger partial charge in [-0.1, -0.05) is 104 Å². The predicted octanol–water partition coefficient (Wildman–Crippen LogP) is 7.91. The molecule has 0 aliphatic carbocycles. The summed E-state index contributed by atoms with van der Waals surface area (Å²) in [5, 5.41) is 9.57. The monoisotopic (exact) mass is 651 g/mol. The standard InChI is InChI=1S/C38H37NO5S2/c1-27-36(26-45-34-14-4-2-5-15-34)43-38(44-37(27)30-20-18-28(25-40)19-21-30)33-13-9-12-32(23-33)31-11-8-10-29(22-31)24-39-46(41,42)35-16-6-3-7-17-35/h2-23,27,36-40H,24-26H2,1H3. The number of hydrogen-bond donors (Lipinski definition) is 2. The van der Waals surface area contributed by atoms with E-state index in [4.69, 9.17) is 9.47 Å². The molecule has 0 saturated carbocycles. The topological polar surface area (TPSA) is 84.9 Å². The van der Waals surface area contributed by atoms with Crippen molar-refractivity contribution in [3.63, 3.8) is 0 Å². The van der Waals surface area contributed by atoms with Crippen LogP contribution in [0.4, 0.5) is 0 Å². The average molecular weight is 652 g/mol. The number of benzene rings is 5. The van der Waals surface area contributed by atoms with Crippen molar-refractivity contribution in [2.75, 3.05) is 5.75 Å². The highest BCUT2D eigenvalue weighted by molar-refractivity contribution is 7.99. The van der Waals surface area contributed by atoms with E-state index in [1.54, 1.807) is 42.1 Å². The van der Waals surface area contributed by atoms with Crippen molar-refractivity contribution in [1.82, 2.24) is 4.72 Å². The van der Waals surface area contributed by atoms with Gasteiger partial charge in [0.1, 0.15) is 0 Å². The number of nitrogens with one attached hydrogen (secondary N) is 1. The summed E-state index contributed by atoms with van der Waals surface area (Å²) in [7, 11) is -3.62. The Kier molecular flexibility index (Phi) is 10.3. The minimum absolute atomic E-state index is 0.00364. The fraction of sp³-hybridized carbons (Fsp3) is 0.211. The van der Waals surface area contributed by atoms with Crippen LogP contribution in [-0.4, -0.2) is 25.4 Å². The average Bonchev–Trinajstić information content (AvgIpc) is 3.11. The Labute approximate surface area is 275 Å². The molecule has 1 aliphatic heterocycles. The maximum absolute atomic E-state index is 12.8. The summed E-state index contributed by atoms with van der Waals surface area (Å²) in [6.07, 6.45) is -0.852. The zero-order chi connectivity index (χ0) is 31.9. The molecule has 6 rings (SSSR count). The molecule has 1 heterocycles. The molecule has 0 radical (unpaired) electrons. The number of hydrogen-bond acceptors (Lipinski definition) is 6. The van der Waals surface area contributed by atoms with Crippen LogP contribution >= 0.6 is 11.8 Å². The van der Waals surface area contributed by atoms with E-state index in [9.17, 15) is 13.5 Å². The number of rotatable bonds is 11. The smallest absolute Gasteiger partial charge is 0.240 e. The fourth-order valence-corrected chi connectivity index (χ4v) is 7.72. The molecule has 8 heteroatoms. The molecule has 5 aromatic rings. The van der Waals surface area contributed by atoms with E-state index in [0.717, 1.165) is 39.1 Å². The van der Waals surface area contributed by atoms with Crippen molar-refractivity contribution < 1.29 is 23.0 Å². The van der Waals surface area contributed by atoms with E-state index in [0.29, 0.717) is 0 Å². The summed E-state index contributed by atoms with van der Waals surface area (Å²) in [6.45, 7) is 2.34. The molecule has 0 amide bonds. The second-order valence-electron chi connectivity index (χ2n) is 11.4. The lowest BCUT2D eigenvalue weighted by Crippen LogP contribution is -2.38. The van der Waals surface area contributed by atoms with Crippen molar-refractivity contribution in [3.8, 4) is 11.1 Å². The van der Waals surface area contributed by atoms with Crippen LogP contribution in [0, 0.1) is 5.92 Å². The first kappa shape index (κ1) is 32.2. The highest BCUT2D eigenvalue weighted by atomic mass is 32.2. The quantitative estimate of drug-likeness (QED) is 0.141. The van der Waals surface area contributed by atoms with Gasteiger partial charge in [-0.3, -0.25) is 0 Å². The molecular weight excluding hydrogens is 615 g/mol. The van der Waals surface area contributed by atoms with Gasteiger partial charge >= 0.3 is 0 Å². The Hall–Kier alpha value is -3.76. The first-order chi connectivity index (χ1) is 22.4. The summed E-state index contributed by atoms with van der Waals surface area (Å²) < 4.78 is 41.6. The number of sulfonamides is 1. The lowest BCUT2D eigenvalue weighted by Gasteiger charge is -2.41. The van der Waals surface area contributed by atoms with E-state index in [1.807, 2.05) is 84.9 Å². The fourth-order valence-electron chi connectivity index (χ4n) is 5.59. The highest BCUT2D eigenvalue weighted by Crippen LogP contribution is 2.43. The van der Waals surface area contributed by atoms with E-state index >= 15 is 0 Å². The van der Waals surface area contributed by atoms with Gasteiger partial charge in [0, 0.05) is 28.7 Å². The molecule has 1 saturated heterocycles. The van der Waals surface area contributed by atoms with Gasteiger partial charge in [-0.05, 0) is 64.2 Å². The zero-order valence-electron chi connectivity index (χ0n) is 25.5. The van der Waals surface area contributed by atoms with Gasteiger partial charge in [-0.25, -0.2) is 13.1 Å². The molecule has 4 atom stereocenters. The molecule has 2 N–H and O–H groups in total. The lowest BCUT2D eigenvalue weighted by atomic mass is 9.91. The van der Waals surface area contributed by atoms with Gasteiger partial charge in [0.15, 0.2) is 6.29 Å². The third-order valence-electron chi connectivity index (χ3n) is 8.22. The van der Waals surface area contributed by atoms with Crippen LogP contribution in [0.15, 0.2) is 143 Å². The molecular formula is C38H37NO5S2. The Balaban J connectivity index is 1.23. The minimum Gasteiger partial charge on any atom is -0.392 e. The maximum atomic E-state index is 12.8. The van der Waals surface area contributed by atoms with Crippen LogP contribution in [0.25, 0.3) is 11.1 Å². The van der Waals surface area contributed by atoms with Crippen molar-refractivity contribution >= 4 is 21.8 Å². The van der Waals surface area contributed by atoms with E-state index in [2.05, 4.69) is 29.8 Å². The second kappa shape index (κ2) is 14.8. The zero-order valence-corrected chi connectivity index (χ0v) is 27.2. The Morgan fingerprint density at radius 3 is 2.11 bits per heavy atom. The normalized spacial score (nSPS) is 20.0. The number of aliphatic hydroxyl groups excluding tert-OH is 1. The molecule has 4 unspecified atom stereocenters. The van der Waals surface area contributed by atoms with Crippen molar-refractivity contribution in [2.45, 2.75) is 48.4 Å². The van der Waals surface area contributed by atoms with Crippen LogP contribution in [-0.2, 0) is 32.6 Å².